The highest BCUT2D eigenvalue weighted by molar-refractivity contribution is 5.55. The van der Waals surface area contributed by atoms with Gasteiger partial charge >= 0.3 is 0 Å². The third-order valence-corrected chi connectivity index (χ3v) is 3.27. The molecule has 0 saturated carbocycles. The lowest BCUT2D eigenvalue weighted by Crippen LogP contribution is -1.71. The summed E-state index contributed by atoms with van der Waals surface area (Å²) in [5.74, 6) is 0. The van der Waals surface area contributed by atoms with Gasteiger partial charge < -0.3 is 0 Å². The average Bonchev–Trinajstić information content (AvgIpc) is 2.66. The first-order valence-corrected chi connectivity index (χ1v) is 8.69. The van der Waals surface area contributed by atoms with E-state index < -0.39 is 0 Å². The van der Waals surface area contributed by atoms with E-state index in [4.69, 9.17) is 0 Å². The fraction of sp³-hybridized carbons (Fsp3) is 0.0769. The molecule has 0 unspecified atom stereocenters. The van der Waals surface area contributed by atoms with Crippen LogP contribution in [-0.2, 0) is 0 Å². The second-order valence-electron chi connectivity index (χ2n) is 5.87. The van der Waals surface area contributed by atoms with Crippen molar-refractivity contribution in [2.24, 2.45) is 0 Å². The average molecular weight is 341 g/mol. The Bertz CT molecular complexity index is 769. The number of rotatable bonds is 6. The zero-order valence-electron chi connectivity index (χ0n) is 15.8. The molecule has 0 aromatic heterocycles. The van der Waals surface area contributed by atoms with Crippen LogP contribution in [0.25, 0.3) is 12.2 Å². The highest BCUT2D eigenvalue weighted by Gasteiger charge is 1.84. The molecule has 0 nitrogen and oxygen atoms in total. The fourth-order valence-electron chi connectivity index (χ4n) is 2.03. The first-order valence-electron chi connectivity index (χ1n) is 8.69. The summed E-state index contributed by atoms with van der Waals surface area (Å²) in [5.41, 5.74) is 4.74. The van der Waals surface area contributed by atoms with Gasteiger partial charge in [-0.25, -0.2) is 0 Å². The van der Waals surface area contributed by atoms with E-state index in [9.17, 15) is 0 Å². The summed E-state index contributed by atoms with van der Waals surface area (Å²) in [6, 6.07) is 20.5. The van der Waals surface area contributed by atoms with Crippen molar-refractivity contribution < 1.29 is 0 Å². The van der Waals surface area contributed by atoms with Crippen LogP contribution >= 0.6 is 0 Å². The smallest absolute Gasteiger partial charge is 0.0254 e. The molecule has 0 aliphatic heterocycles. The molecule has 0 N–H and O–H groups in total. The molecule has 0 aliphatic rings. The van der Waals surface area contributed by atoms with E-state index in [-0.39, 0.29) is 0 Å². The van der Waals surface area contributed by atoms with Crippen LogP contribution in [0.15, 0.2) is 121 Å². The van der Waals surface area contributed by atoms with Gasteiger partial charge in [0.05, 0.1) is 0 Å². The largest absolute Gasteiger partial charge is 0.0991 e. The van der Waals surface area contributed by atoms with Crippen LogP contribution in [0.1, 0.15) is 25.0 Å². The minimum Gasteiger partial charge on any atom is -0.0991 e. The highest BCUT2D eigenvalue weighted by atomic mass is 13.9. The van der Waals surface area contributed by atoms with E-state index >= 15 is 0 Å². The van der Waals surface area contributed by atoms with Crippen molar-refractivity contribution >= 4 is 12.2 Å². The van der Waals surface area contributed by atoms with Crippen LogP contribution in [0.2, 0.25) is 0 Å². The van der Waals surface area contributed by atoms with Crippen LogP contribution in [0.4, 0.5) is 0 Å². The Morgan fingerprint density at radius 2 is 1.31 bits per heavy atom. The molecule has 2 aromatic carbocycles. The van der Waals surface area contributed by atoms with E-state index in [1.807, 2.05) is 73.7 Å². The minimum atomic E-state index is 1.07. The van der Waals surface area contributed by atoms with E-state index in [0.717, 1.165) is 5.57 Å². The molecule has 0 saturated heterocycles. The van der Waals surface area contributed by atoms with Crippen LogP contribution in [-0.4, -0.2) is 0 Å². The second kappa shape index (κ2) is 13.2. The lowest BCUT2D eigenvalue weighted by atomic mass is 10.1. The molecule has 2 aromatic rings. The lowest BCUT2D eigenvalue weighted by Gasteiger charge is -1.93. The zero-order chi connectivity index (χ0) is 19.0. The van der Waals surface area contributed by atoms with Gasteiger partial charge in [-0.15, -0.1) is 0 Å². The number of benzene rings is 2. The van der Waals surface area contributed by atoms with Gasteiger partial charge in [0, 0.05) is 0 Å². The van der Waals surface area contributed by atoms with Crippen molar-refractivity contribution in [1.82, 2.24) is 0 Å². The topological polar surface area (TPSA) is 0 Å². The third-order valence-electron chi connectivity index (χ3n) is 3.27. The summed E-state index contributed by atoms with van der Waals surface area (Å²) in [4.78, 5) is 0. The zero-order valence-corrected chi connectivity index (χ0v) is 15.8. The van der Waals surface area contributed by atoms with Crippen molar-refractivity contribution in [3.63, 3.8) is 0 Å². The third kappa shape index (κ3) is 10.6. The minimum absolute atomic E-state index is 1.07. The molecule has 0 amide bonds. The predicted octanol–water partition coefficient (Wildman–Crippen LogP) is 7.66. The van der Waals surface area contributed by atoms with Crippen LogP contribution in [0.5, 0.6) is 0 Å². The number of hydrogen-bond acceptors (Lipinski definition) is 0. The van der Waals surface area contributed by atoms with E-state index in [1.165, 1.54) is 16.7 Å². The van der Waals surface area contributed by atoms with Gasteiger partial charge in [-0.2, -0.15) is 0 Å². The fourth-order valence-corrected chi connectivity index (χ4v) is 2.03. The number of allylic oxidation sites excluding steroid dienone is 8. The summed E-state index contributed by atoms with van der Waals surface area (Å²) in [6.07, 6.45) is 16.0. The normalized spacial score (nSPS) is 11.5. The molecule has 0 aliphatic carbocycles. The van der Waals surface area contributed by atoms with E-state index in [1.54, 1.807) is 6.08 Å². The second-order valence-corrected chi connectivity index (χ2v) is 5.87. The van der Waals surface area contributed by atoms with Gasteiger partial charge in [0.1, 0.15) is 0 Å². The standard InChI is InChI=1S/2C13H14/c1-12(2)8-6-7-11-13-9-4-3-5-10-13;1-3-4-8-12(2)11-13-9-6-5-7-10-13/h2*3-11H,1H2,2H3/b8-6-,11-7+;8-4-,12-11+. The quantitative estimate of drug-likeness (QED) is 0.473. The highest BCUT2D eigenvalue weighted by Crippen LogP contribution is 2.06. The van der Waals surface area contributed by atoms with Crippen LogP contribution in [0, 0.1) is 0 Å². The lowest BCUT2D eigenvalue weighted by molar-refractivity contribution is 1.54. The molecule has 0 atom stereocenters. The SMILES string of the molecule is C=C(C)/C=C\C=C\c1ccccc1.C=C/C=C\C(C)=C\c1ccccc1. The molecule has 26 heavy (non-hydrogen) atoms. The molecule has 0 heterocycles. The number of hydrogen-bond donors (Lipinski definition) is 0. The first-order chi connectivity index (χ1) is 12.6. The molecule has 0 radical (unpaired) electrons. The van der Waals surface area contributed by atoms with Crippen molar-refractivity contribution in [3.05, 3.63) is 133 Å². The molecular formula is C26H28. The molecule has 0 bridgehead atoms. The van der Waals surface area contributed by atoms with Crippen LogP contribution in [0.3, 0.4) is 0 Å². The molecular weight excluding hydrogens is 312 g/mol. The first kappa shape index (κ1) is 20.9. The molecule has 132 valence electrons. The summed E-state index contributed by atoms with van der Waals surface area (Å²) in [7, 11) is 0. The summed E-state index contributed by atoms with van der Waals surface area (Å²) >= 11 is 0. The summed E-state index contributed by atoms with van der Waals surface area (Å²) in [5, 5.41) is 0. The van der Waals surface area contributed by atoms with Crippen LogP contribution < -0.4 is 0 Å². The van der Waals surface area contributed by atoms with Gasteiger partial charge in [-0.1, -0.05) is 134 Å². The Morgan fingerprint density at radius 3 is 1.85 bits per heavy atom. The van der Waals surface area contributed by atoms with Gasteiger partial charge in [0.15, 0.2) is 0 Å². The monoisotopic (exact) mass is 340 g/mol. The van der Waals surface area contributed by atoms with E-state index in [2.05, 4.69) is 56.5 Å². The maximum atomic E-state index is 3.78. The van der Waals surface area contributed by atoms with Gasteiger partial charge in [0.25, 0.3) is 0 Å². The van der Waals surface area contributed by atoms with Crippen molar-refractivity contribution in [1.29, 1.82) is 0 Å². The Hall–Kier alpha value is -3.12. The van der Waals surface area contributed by atoms with Gasteiger partial charge in [0.2, 0.25) is 0 Å². The molecule has 0 heteroatoms. The maximum absolute atomic E-state index is 3.78. The van der Waals surface area contributed by atoms with Crippen molar-refractivity contribution in [2.45, 2.75) is 13.8 Å². The van der Waals surface area contributed by atoms with Gasteiger partial charge in [-0.05, 0) is 25.0 Å². The summed E-state index contributed by atoms with van der Waals surface area (Å²) < 4.78 is 0. The Kier molecular flexibility index (Phi) is 10.6. The summed E-state index contributed by atoms with van der Waals surface area (Å²) in [6.45, 7) is 11.5. The molecule has 0 spiro atoms. The predicted molar refractivity (Wildman–Crippen MR) is 119 cm³/mol. The Balaban J connectivity index is 0.000000260. The maximum Gasteiger partial charge on any atom is -0.0254 e. The van der Waals surface area contributed by atoms with Gasteiger partial charge in [-0.3, -0.25) is 0 Å². The Morgan fingerprint density at radius 1 is 0.731 bits per heavy atom. The molecule has 2 rings (SSSR count). The van der Waals surface area contributed by atoms with E-state index in [0.29, 0.717) is 0 Å². The Labute approximate surface area is 158 Å². The van der Waals surface area contributed by atoms with Crippen molar-refractivity contribution in [2.75, 3.05) is 0 Å². The van der Waals surface area contributed by atoms with Crippen molar-refractivity contribution in [3.8, 4) is 0 Å². The molecule has 0 fully saturated rings.